The van der Waals surface area contributed by atoms with Gasteiger partial charge < -0.3 is 10.6 Å². The van der Waals surface area contributed by atoms with Crippen LogP contribution in [0.15, 0.2) is 54.9 Å². The molecule has 1 aromatic carbocycles. The highest BCUT2D eigenvalue weighted by molar-refractivity contribution is 5.93. The van der Waals surface area contributed by atoms with E-state index in [4.69, 9.17) is 5.26 Å². The number of nitriles is 1. The smallest absolute Gasteiger partial charge is 0.270 e. The van der Waals surface area contributed by atoms with Gasteiger partial charge in [-0.15, -0.1) is 0 Å². The van der Waals surface area contributed by atoms with Crippen LogP contribution in [0.1, 0.15) is 27.4 Å². The molecule has 3 rings (SSSR count). The second-order valence-corrected chi connectivity index (χ2v) is 5.55. The van der Waals surface area contributed by atoms with Crippen LogP contribution in [0.3, 0.4) is 0 Å². The number of carbonyl (C=O) groups is 1. The minimum atomic E-state index is -0.298. The van der Waals surface area contributed by atoms with Crippen LogP contribution in [0.5, 0.6) is 0 Å². The molecule has 0 unspecified atom stereocenters. The highest BCUT2D eigenvalue weighted by atomic mass is 16.1. The summed E-state index contributed by atoms with van der Waals surface area (Å²) in [5.41, 5.74) is 2.41. The van der Waals surface area contributed by atoms with E-state index >= 15 is 0 Å². The number of carbonyl (C=O) groups excluding carboxylic acids is 1. The van der Waals surface area contributed by atoms with E-state index in [0.717, 1.165) is 5.56 Å². The van der Waals surface area contributed by atoms with Crippen LogP contribution >= 0.6 is 0 Å². The lowest BCUT2D eigenvalue weighted by Gasteiger charge is -2.09. The Morgan fingerprint density at radius 1 is 1.19 bits per heavy atom. The Hall–Kier alpha value is -3.79. The Bertz CT molecular complexity index is 965. The molecule has 0 atom stereocenters. The second kappa shape index (κ2) is 7.85. The van der Waals surface area contributed by atoms with E-state index in [-0.39, 0.29) is 11.6 Å². The van der Waals surface area contributed by atoms with Gasteiger partial charge in [0.2, 0.25) is 0 Å². The van der Waals surface area contributed by atoms with Gasteiger partial charge in [0.1, 0.15) is 17.3 Å². The summed E-state index contributed by atoms with van der Waals surface area (Å²) in [5.74, 6) is 0.658. The number of hydrogen-bond donors (Lipinski definition) is 2. The molecule has 26 heavy (non-hydrogen) atoms. The molecule has 0 saturated carbocycles. The maximum atomic E-state index is 12.4. The first-order valence-corrected chi connectivity index (χ1v) is 7.94. The Labute approximate surface area is 150 Å². The lowest BCUT2D eigenvalue weighted by atomic mass is 10.2. The molecule has 0 radical (unpaired) electrons. The van der Waals surface area contributed by atoms with Crippen LogP contribution < -0.4 is 10.6 Å². The van der Waals surface area contributed by atoms with E-state index in [9.17, 15) is 4.79 Å². The van der Waals surface area contributed by atoms with Gasteiger partial charge >= 0.3 is 0 Å². The van der Waals surface area contributed by atoms with Crippen LogP contribution in [0.25, 0.3) is 0 Å². The van der Waals surface area contributed by atoms with Crippen molar-refractivity contribution in [1.29, 1.82) is 5.26 Å². The van der Waals surface area contributed by atoms with Crippen LogP contribution in [-0.4, -0.2) is 20.9 Å². The maximum Gasteiger partial charge on any atom is 0.270 e. The Balaban J connectivity index is 1.74. The molecule has 2 N–H and O–H groups in total. The number of nitrogens with one attached hydrogen (secondary N) is 2. The lowest BCUT2D eigenvalue weighted by molar-refractivity contribution is 0.0945. The van der Waals surface area contributed by atoms with Gasteiger partial charge in [0.15, 0.2) is 0 Å². The van der Waals surface area contributed by atoms with E-state index < -0.39 is 0 Å². The van der Waals surface area contributed by atoms with E-state index in [1.54, 1.807) is 43.6 Å². The van der Waals surface area contributed by atoms with Crippen molar-refractivity contribution < 1.29 is 4.79 Å². The molecule has 1 amide bonds. The highest BCUT2D eigenvalue weighted by Gasteiger charge is 2.11. The third kappa shape index (κ3) is 4.39. The van der Waals surface area contributed by atoms with Crippen LogP contribution in [0.2, 0.25) is 0 Å². The predicted molar refractivity (Wildman–Crippen MR) is 96.6 cm³/mol. The fraction of sp³-hybridized carbons (Fsp3) is 0.105. The predicted octanol–water partition coefficient (Wildman–Crippen LogP) is 2.73. The summed E-state index contributed by atoms with van der Waals surface area (Å²) in [4.78, 5) is 24.9. The first kappa shape index (κ1) is 17.0. The molecule has 3 aromatic rings. The quantitative estimate of drug-likeness (QED) is 0.737. The van der Waals surface area contributed by atoms with Gasteiger partial charge in [0, 0.05) is 30.7 Å². The number of hydrogen-bond acceptors (Lipinski definition) is 6. The molecule has 0 bridgehead atoms. The molecule has 7 nitrogen and oxygen atoms in total. The van der Waals surface area contributed by atoms with Gasteiger partial charge in [0.05, 0.1) is 11.6 Å². The standard InChI is InChI=1S/C19H16N6O/c1-13-23-17(19(26)22-12-15-5-3-7-21-11-15)9-18(24-13)25-16-6-2-4-14(8-16)10-20/h2-9,11H,12H2,1H3,(H,22,26)(H,23,24,25). The van der Waals surface area contributed by atoms with Gasteiger partial charge in [0.25, 0.3) is 5.91 Å². The van der Waals surface area contributed by atoms with E-state index in [1.165, 1.54) is 0 Å². The summed E-state index contributed by atoms with van der Waals surface area (Å²) in [5, 5.41) is 14.9. The topological polar surface area (TPSA) is 104 Å². The normalized spacial score (nSPS) is 10.0. The fourth-order valence-electron chi connectivity index (χ4n) is 2.34. The monoisotopic (exact) mass is 344 g/mol. The average molecular weight is 344 g/mol. The van der Waals surface area contributed by atoms with Crippen molar-refractivity contribution in [1.82, 2.24) is 20.3 Å². The number of nitrogens with zero attached hydrogens (tertiary/aromatic N) is 4. The zero-order chi connectivity index (χ0) is 18.4. The number of pyridine rings is 1. The Morgan fingerprint density at radius 2 is 2.08 bits per heavy atom. The van der Waals surface area contributed by atoms with Crippen molar-refractivity contribution in [3.05, 3.63) is 77.5 Å². The molecule has 128 valence electrons. The summed E-state index contributed by atoms with van der Waals surface area (Å²) in [6, 6.07) is 14.4. The zero-order valence-electron chi connectivity index (χ0n) is 14.1. The minimum Gasteiger partial charge on any atom is -0.347 e. The fourth-order valence-corrected chi connectivity index (χ4v) is 2.34. The summed E-state index contributed by atoms with van der Waals surface area (Å²) in [6.07, 6.45) is 3.37. The van der Waals surface area contributed by atoms with Crippen LogP contribution in [-0.2, 0) is 6.54 Å². The molecule has 2 heterocycles. The van der Waals surface area contributed by atoms with Crippen molar-refractivity contribution >= 4 is 17.4 Å². The molecule has 0 aliphatic heterocycles. The third-order valence-corrected chi connectivity index (χ3v) is 3.51. The summed E-state index contributed by atoms with van der Waals surface area (Å²) < 4.78 is 0. The van der Waals surface area contributed by atoms with Gasteiger partial charge in [-0.1, -0.05) is 12.1 Å². The van der Waals surface area contributed by atoms with Crippen molar-refractivity contribution in [3.8, 4) is 6.07 Å². The van der Waals surface area contributed by atoms with E-state index in [0.29, 0.717) is 29.4 Å². The minimum absolute atomic E-state index is 0.264. The summed E-state index contributed by atoms with van der Waals surface area (Å²) in [7, 11) is 0. The number of anilines is 2. The van der Waals surface area contributed by atoms with E-state index in [2.05, 4.69) is 31.7 Å². The van der Waals surface area contributed by atoms with Crippen molar-refractivity contribution in [2.45, 2.75) is 13.5 Å². The van der Waals surface area contributed by atoms with E-state index in [1.807, 2.05) is 18.2 Å². The Morgan fingerprint density at radius 3 is 2.85 bits per heavy atom. The first-order chi connectivity index (χ1) is 12.6. The maximum absolute atomic E-state index is 12.4. The van der Waals surface area contributed by atoms with Gasteiger partial charge in [-0.2, -0.15) is 5.26 Å². The molecule has 0 saturated heterocycles. The number of aromatic nitrogens is 3. The SMILES string of the molecule is Cc1nc(Nc2cccc(C#N)c2)cc(C(=O)NCc2cccnc2)n1. The highest BCUT2D eigenvalue weighted by Crippen LogP contribution is 2.17. The van der Waals surface area contributed by atoms with Crippen LogP contribution in [0.4, 0.5) is 11.5 Å². The van der Waals surface area contributed by atoms with Crippen molar-refractivity contribution in [2.24, 2.45) is 0 Å². The van der Waals surface area contributed by atoms with Crippen molar-refractivity contribution in [2.75, 3.05) is 5.32 Å². The molecule has 0 aliphatic carbocycles. The number of aryl methyl sites for hydroxylation is 1. The first-order valence-electron chi connectivity index (χ1n) is 7.94. The van der Waals surface area contributed by atoms with Crippen LogP contribution in [0, 0.1) is 18.3 Å². The van der Waals surface area contributed by atoms with Gasteiger partial charge in [-0.25, -0.2) is 9.97 Å². The molecule has 0 spiro atoms. The molecular formula is C19H16N6O. The molecule has 0 aliphatic rings. The summed E-state index contributed by atoms with van der Waals surface area (Å²) in [6.45, 7) is 2.08. The van der Waals surface area contributed by atoms with Crippen molar-refractivity contribution in [3.63, 3.8) is 0 Å². The molecule has 2 aromatic heterocycles. The Kier molecular flexibility index (Phi) is 5.15. The molecular weight excluding hydrogens is 328 g/mol. The van der Waals surface area contributed by atoms with Gasteiger partial charge in [-0.05, 0) is 36.8 Å². The second-order valence-electron chi connectivity index (χ2n) is 5.55. The molecule has 7 heteroatoms. The number of benzene rings is 1. The summed E-state index contributed by atoms with van der Waals surface area (Å²) >= 11 is 0. The average Bonchev–Trinajstić information content (AvgIpc) is 2.66. The third-order valence-electron chi connectivity index (χ3n) is 3.51. The zero-order valence-corrected chi connectivity index (χ0v) is 14.1. The number of rotatable bonds is 5. The molecule has 0 fully saturated rings. The van der Waals surface area contributed by atoms with Gasteiger partial charge in [-0.3, -0.25) is 9.78 Å². The number of amides is 1. The largest absolute Gasteiger partial charge is 0.347 e. The lowest BCUT2D eigenvalue weighted by Crippen LogP contribution is -2.24.